The third-order valence-electron chi connectivity index (χ3n) is 5.64. The molecule has 0 atom stereocenters. The summed E-state index contributed by atoms with van der Waals surface area (Å²) in [6.45, 7) is 1.54. The van der Waals surface area contributed by atoms with Crippen LogP contribution in [0.3, 0.4) is 0 Å². The maximum absolute atomic E-state index is 13.9. The van der Waals surface area contributed by atoms with Crippen LogP contribution in [0, 0.1) is 18.6 Å². The quantitative estimate of drug-likeness (QED) is 0.423. The molecule has 176 valence electrons. The van der Waals surface area contributed by atoms with Gasteiger partial charge in [0.2, 0.25) is 11.7 Å². The molecule has 10 heteroatoms. The van der Waals surface area contributed by atoms with Crippen LogP contribution in [0.25, 0.3) is 16.7 Å². The molecule has 0 bridgehead atoms. The standard InChI is InChI=1S/C25H19F2N5O3/c1-15-6-8-16(9-7-15)13-30-23(34)18-4-2-3-5-21(18)32-24(30)29-31(25(32)35)14-22(33)28-20-12-17(26)10-11-19(20)27/h2-12H,13-14H2,1H3,(H,28,33). The van der Waals surface area contributed by atoms with Crippen molar-refractivity contribution in [1.82, 2.24) is 18.7 Å². The van der Waals surface area contributed by atoms with E-state index < -0.39 is 29.8 Å². The fourth-order valence-corrected chi connectivity index (χ4v) is 3.91. The van der Waals surface area contributed by atoms with Gasteiger partial charge < -0.3 is 5.32 Å². The van der Waals surface area contributed by atoms with E-state index in [0.717, 1.165) is 34.0 Å². The zero-order valence-electron chi connectivity index (χ0n) is 18.5. The van der Waals surface area contributed by atoms with Crippen molar-refractivity contribution in [2.75, 3.05) is 5.32 Å². The molecule has 35 heavy (non-hydrogen) atoms. The molecular weight excluding hydrogens is 456 g/mol. The SMILES string of the molecule is Cc1ccc(Cn2c(=O)c3ccccc3n3c(=O)n(CC(=O)Nc4cc(F)ccc4F)nc23)cc1. The van der Waals surface area contributed by atoms with Crippen molar-refractivity contribution < 1.29 is 13.6 Å². The summed E-state index contributed by atoms with van der Waals surface area (Å²) in [6, 6.07) is 16.9. The van der Waals surface area contributed by atoms with Crippen LogP contribution in [-0.4, -0.2) is 24.7 Å². The summed E-state index contributed by atoms with van der Waals surface area (Å²) in [5, 5.41) is 6.83. The minimum atomic E-state index is -0.819. The number of fused-ring (bicyclic) bond motifs is 3. The Kier molecular flexibility index (Phi) is 5.48. The molecule has 1 N–H and O–H groups in total. The lowest BCUT2D eigenvalue weighted by molar-refractivity contribution is -0.117. The summed E-state index contributed by atoms with van der Waals surface area (Å²) in [4.78, 5) is 39.1. The van der Waals surface area contributed by atoms with E-state index in [1.54, 1.807) is 24.3 Å². The average Bonchev–Trinajstić information content (AvgIpc) is 3.16. The molecule has 1 amide bonds. The Hall–Kier alpha value is -4.60. The number of rotatable bonds is 5. The van der Waals surface area contributed by atoms with Crippen LogP contribution in [0.15, 0.2) is 76.3 Å². The molecular formula is C25H19F2N5O3. The smallest absolute Gasteiger partial charge is 0.322 e. The number of nitrogens with one attached hydrogen (secondary N) is 1. The predicted molar refractivity (Wildman–Crippen MR) is 126 cm³/mol. The molecule has 2 aromatic heterocycles. The van der Waals surface area contributed by atoms with Crippen LogP contribution >= 0.6 is 0 Å². The molecule has 0 unspecified atom stereocenters. The maximum Gasteiger partial charge on any atom is 0.352 e. The lowest BCUT2D eigenvalue weighted by atomic mass is 10.1. The van der Waals surface area contributed by atoms with E-state index in [1.807, 2.05) is 31.2 Å². The summed E-state index contributed by atoms with van der Waals surface area (Å²) in [5.41, 5.74) is 0.900. The van der Waals surface area contributed by atoms with Gasteiger partial charge in [-0.3, -0.25) is 14.2 Å². The van der Waals surface area contributed by atoms with Gasteiger partial charge in [0, 0.05) is 6.07 Å². The molecule has 8 nitrogen and oxygen atoms in total. The van der Waals surface area contributed by atoms with Crippen molar-refractivity contribution in [1.29, 1.82) is 0 Å². The predicted octanol–water partition coefficient (Wildman–Crippen LogP) is 3.08. The highest BCUT2D eigenvalue weighted by molar-refractivity contribution is 5.90. The third-order valence-corrected chi connectivity index (χ3v) is 5.64. The van der Waals surface area contributed by atoms with Crippen molar-refractivity contribution in [3.05, 3.63) is 110 Å². The number of hydrogen-bond donors (Lipinski definition) is 1. The number of aromatic nitrogens is 4. The van der Waals surface area contributed by atoms with Crippen molar-refractivity contribution >= 4 is 28.3 Å². The van der Waals surface area contributed by atoms with Crippen molar-refractivity contribution in [3.8, 4) is 0 Å². The molecule has 0 spiro atoms. The zero-order chi connectivity index (χ0) is 24.7. The first-order chi connectivity index (χ1) is 16.8. The molecule has 0 aliphatic carbocycles. The van der Waals surface area contributed by atoms with Gasteiger partial charge in [0.1, 0.15) is 18.2 Å². The number of para-hydroxylation sites is 1. The third kappa shape index (κ3) is 4.10. The molecule has 0 aliphatic heterocycles. The number of hydrogen-bond acceptors (Lipinski definition) is 4. The highest BCUT2D eigenvalue weighted by Crippen LogP contribution is 2.16. The van der Waals surface area contributed by atoms with Gasteiger partial charge in [-0.2, -0.15) is 0 Å². The summed E-state index contributed by atoms with van der Waals surface area (Å²) >= 11 is 0. The van der Waals surface area contributed by atoms with Gasteiger partial charge in [-0.15, -0.1) is 5.10 Å². The van der Waals surface area contributed by atoms with Gasteiger partial charge in [-0.05, 0) is 36.8 Å². The molecule has 5 aromatic rings. The van der Waals surface area contributed by atoms with E-state index in [-0.39, 0.29) is 23.6 Å². The van der Waals surface area contributed by atoms with Crippen molar-refractivity contribution in [2.24, 2.45) is 0 Å². The molecule has 0 fully saturated rings. The number of carbonyl (C=O) groups excluding carboxylic acids is 1. The summed E-state index contributed by atoms with van der Waals surface area (Å²) < 4.78 is 30.9. The normalized spacial score (nSPS) is 11.3. The van der Waals surface area contributed by atoms with Gasteiger partial charge in [0.05, 0.1) is 23.1 Å². The van der Waals surface area contributed by atoms with Gasteiger partial charge in [-0.1, -0.05) is 42.0 Å². The van der Waals surface area contributed by atoms with E-state index in [2.05, 4.69) is 10.4 Å². The van der Waals surface area contributed by atoms with Crippen LogP contribution < -0.4 is 16.6 Å². The van der Waals surface area contributed by atoms with E-state index in [0.29, 0.717) is 10.9 Å². The maximum atomic E-state index is 13.9. The molecule has 0 aliphatic rings. The highest BCUT2D eigenvalue weighted by atomic mass is 19.1. The minimum absolute atomic E-state index is 0.0593. The largest absolute Gasteiger partial charge is 0.352 e. The molecule has 5 rings (SSSR count). The number of aryl methyl sites for hydroxylation is 1. The summed E-state index contributed by atoms with van der Waals surface area (Å²) in [6.07, 6.45) is 0. The second kappa shape index (κ2) is 8.64. The van der Waals surface area contributed by atoms with E-state index in [9.17, 15) is 23.2 Å². The number of benzene rings is 3. The molecule has 2 heterocycles. The highest BCUT2D eigenvalue weighted by Gasteiger charge is 2.19. The second-order valence-electron chi connectivity index (χ2n) is 8.14. The van der Waals surface area contributed by atoms with Gasteiger partial charge in [-0.25, -0.2) is 22.7 Å². The fraction of sp³-hybridized carbons (Fsp3) is 0.120. The topological polar surface area (TPSA) is 90.4 Å². The Morgan fingerprint density at radius 1 is 1.00 bits per heavy atom. The summed E-state index contributed by atoms with van der Waals surface area (Å²) in [5.74, 6) is -2.26. The zero-order valence-corrected chi connectivity index (χ0v) is 18.5. The second-order valence-corrected chi connectivity index (χ2v) is 8.14. The lowest BCUT2D eigenvalue weighted by Gasteiger charge is -2.10. The molecule has 0 saturated heterocycles. The monoisotopic (exact) mass is 475 g/mol. The fourth-order valence-electron chi connectivity index (χ4n) is 3.91. The van der Waals surface area contributed by atoms with E-state index >= 15 is 0 Å². The van der Waals surface area contributed by atoms with Crippen LogP contribution in [0.1, 0.15) is 11.1 Å². The number of nitrogens with zero attached hydrogens (tertiary/aromatic N) is 4. The lowest BCUT2D eigenvalue weighted by Crippen LogP contribution is -2.29. The van der Waals surface area contributed by atoms with Crippen LogP contribution in [0.4, 0.5) is 14.5 Å². The number of amides is 1. The van der Waals surface area contributed by atoms with Crippen molar-refractivity contribution in [3.63, 3.8) is 0 Å². The summed E-state index contributed by atoms with van der Waals surface area (Å²) in [7, 11) is 0. The Balaban J connectivity index is 1.60. The number of anilines is 1. The first-order valence-electron chi connectivity index (χ1n) is 10.7. The molecule has 3 aromatic carbocycles. The minimum Gasteiger partial charge on any atom is -0.322 e. The first kappa shape index (κ1) is 22.2. The van der Waals surface area contributed by atoms with Crippen LogP contribution in [0.2, 0.25) is 0 Å². The van der Waals surface area contributed by atoms with Gasteiger partial charge in [0.15, 0.2) is 0 Å². The van der Waals surface area contributed by atoms with Gasteiger partial charge >= 0.3 is 5.69 Å². The number of halogens is 2. The van der Waals surface area contributed by atoms with Gasteiger partial charge in [0.25, 0.3) is 5.56 Å². The Labute approximate surface area is 196 Å². The first-order valence-corrected chi connectivity index (χ1v) is 10.7. The van der Waals surface area contributed by atoms with E-state index in [4.69, 9.17) is 0 Å². The molecule has 0 radical (unpaired) electrons. The van der Waals surface area contributed by atoms with Crippen molar-refractivity contribution in [2.45, 2.75) is 20.0 Å². The van der Waals surface area contributed by atoms with E-state index in [1.165, 1.54) is 8.97 Å². The molecule has 0 saturated carbocycles. The average molecular weight is 475 g/mol. The Bertz CT molecular complexity index is 1720. The Morgan fingerprint density at radius 2 is 1.74 bits per heavy atom. The number of carbonyl (C=O) groups is 1. The van der Waals surface area contributed by atoms with Crippen LogP contribution in [-0.2, 0) is 17.9 Å². The van der Waals surface area contributed by atoms with Crippen LogP contribution in [0.5, 0.6) is 0 Å². The Morgan fingerprint density at radius 3 is 2.51 bits per heavy atom.